The minimum Gasteiger partial charge on any atom is -0.480 e. The number of imidazole rings is 1. The molecule has 1 aromatic rings. The molecule has 0 bridgehead atoms. The second-order valence-electron chi connectivity index (χ2n) is 4.56. The number of aromatic nitrogens is 2. The number of sulfonamides is 1. The van der Waals surface area contributed by atoms with Crippen molar-refractivity contribution >= 4 is 16.0 Å². The number of hydrogen-bond acceptors (Lipinski definition) is 5. The molecule has 2 atom stereocenters. The highest BCUT2D eigenvalue weighted by atomic mass is 32.2. The van der Waals surface area contributed by atoms with Crippen LogP contribution in [0.1, 0.15) is 12.2 Å². The molecule has 0 amide bonds. The first-order valence-electron chi connectivity index (χ1n) is 5.66. The fourth-order valence-electron chi connectivity index (χ4n) is 2.05. The Morgan fingerprint density at radius 2 is 2.16 bits per heavy atom. The van der Waals surface area contributed by atoms with Crippen LogP contribution in [0.25, 0.3) is 0 Å². The smallest absolute Gasteiger partial charge is 0.322 e. The van der Waals surface area contributed by atoms with E-state index in [2.05, 4.69) is 4.98 Å². The summed E-state index contributed by atoms with van der Waals surface area (Å²) in [6, 6.07) is -1.25. The van der Waals surface area contributed by atoms with Crippen LogP contribution in [0.5, 0.6) is 0 Å². The van der Waals surface area contributed by atoms with Crippen LogP contribution in [0.3, 0.4) is 0 Å². The molecule has 1 unspecified atom stereocenters. The fourth-order valence-corrected chi connectivity index (χ4v) is 3.70. The van der Waals surface area contributed by atoms with Gasteiger partial charge < -0.3 is 14.8 Å². The van der Waals surface area contributed by atoms with Crippen molar-refractivity contribution in [3.05, 3.63) is 12.0 Å². The summed E-state index contributed by atoms with van der Waals surface area (Å²) in [6.07, 6.45) is 0.245. The lowest BCUT2D eigenvalue weighted by Crippen LogP contribution is -2.40. The van der Waals surface area contributed by atoms with E-state index in [0.29, 0.717) is 5.82 Å². The summed E-state index contributed by atoms with van der Waals surface area (Å²) >= 11 is 0. The molecule has 1 aliphatic rings. The van der Waals surface area contributed by atoms with Gasteiger partial charge in [-0.15, -0.1) is 0 Å². The Hall–Kier alpha value is -1.45. The average molecular weight is 289 g/mol. The molecule has 19 heavy (non-hydrogen) atoms. The lowest BCUT2D eigenvalue weighted by molar-refractivity contribution is -0.140. The fraction of sp³-hybridized carbons (Fsp3) is 0.600. The van der Waals surface area contributed by atoms with Crippen molar-refractivity contribution in [2.24, 2.45) is 7.05 Å². The second-order valence-corrected chi connectivity index (χ2v) is 6.39. The van der Waals surface area contributed by atoms with E-state index >= 15 is 0 Å². The minimum absolute atomic E-state index is 0.111. The van der Waals surface area contributed by atoms with Crippen LogP contribution in [0, 0.1) is 6.92 Å². The number of aliphatic hydroxyl groups excluding tert-OH is 1. The van der Waals surface area contributed by atoms with Gasteiger partial charge in [0.15, 0.2) is 5.03 Å². The van der Waals surface area contributed by atoms with Crippen molar-refractivity contribution in [1.29, 1.82) is 0 Å². The van der Waals surface area contributed by atoms with Gasteiger partial charge in [-0.3, -0.25) is 4.79 Å². The SMILES string of the molecule is Cc1nc(S(=O)(=O)N2CC(O)C[C@H]2C(=O)O)cn1C. The van der Waals surface area contributed by atoms with Crippen molar-refractivity contribution < 1.29 is 23.4 Å². The lowest BCUT2D eigenvalue weighted by Gasteiger charge is -2.19. The predicted molar refractivity (Wildman–Crippen MR) is 63.9 cm³/mol. The van der Waals surface area contributed by atoms with Crippen molar-refractivity contribution in [3.63, 3.8) is 0 Å². The van der Waals surface area contributed by atoms with Crippen molar-refractivity contribution in [2.45, 2.75) is 30.5 Å². The maximum absolute atomic E-state index is 12.3. The number of carboxylic acids is 1. The molecule has 0 radical (unpaired) electrons. The molecule has 1 fully saturated rings. The molecule has 0 aromatic carbocycles. The summed E-state index contributed by atoms with van der Waals surface area (Å²) in [7, 11) is -2.36. The molecule has 2 rings (SSSR count). The Morgan fingerprint density at radius 3 is 2.63 bits per heavy atom. The molecule has 2 heterocycles. The molecule has 1 aliphatic heterocycles. The van der Waals surface area contributed by atoms with Crippen LogP contribution in [0.15, 0.2) is 11.2 Å². The standard InChI is InChI=1S/C10H15N3O5S/c1-6-11-9(5-12(6)2)19(17,18)13-4-7(14)3-8(13)10(15)16/h5,7-8,14H,3-4H2,1-2H3,(H,15,16)/t7?,8-/m0/s1. The van der Waals surface area contributed by atoms with Crippen LogP contribution in [0.2, 0.25) is 0 Å². The molecule has 9 heteroatoms. The molecular formula is C10H15N3O5S. The third-order valence-electron chi connectivity index (χ3n) is 3.18. The number of rotatable bonds is 3. The van der Waals surface area contributed by atoms with Gasteiger partial charge in [0.05, 0.1) is 6.10 Å². The molecule has 106 valence electrons. The number of carbonyl (C=O) groups is 1. The number of aryl methyl sites for hydroxylation is 2. The van der Waals surface area contributed by atoms with E-state index in [-0.39, 0.29) is 18.0 Å². The Bertz CT molecular complexity index is 589. The molecule has 0 spiro atoms. The highest BCUT2D eigenvalue weighted by Gasteiger charge is 2.44. The molecule has 0 saturated carbocycles. The molecular weight excluding hydrogens is 274 g/mol. The van der Waals surface area contributed by atoms with Gasteiger partial charge in [-0.2, -0.15) is 4.31 Å². The van der Waals surface area contributed by atoms with E-state index in [1.54, 1.807) is 14.0 Å². The normalized spacial score (nSPS) is 24.8. The highest BCUT2D eigenvalue weighted by Crippen LogP contribution is 2.26. The zero-order chi connectivity index (χ0) is 14.4. The number of aliphatic hydroxyl groups is 1. The highest BCUT2D eigenvalue weighted by molar-refractivity contribution is 7.89. The van der Waals surface area contributed by atoms with Crippen molar-refractivity contribution in [2.75, 3.05) is 6.54 Å². The van der Waals surface area contributed by atoms with Gasteiger partial charge in [-0.1, -0.05) is 0 Å². The predicted octanol–water partition coefficient (Wildman–Crippen LogP) is -1.06. The number of β-amino-alcohol motifs (C(OH)–C–C–N with tert-alkyl or cyclic N) is 1. The largest absolute Gasteiger partial charge is 0.480 e. The molecule has 1 saturated heterocycles. The molecule has 0 aliphatic carbocycles. The van der Waals surface area contributed by atoms with Gasteiger partial charge in [0.2, 0.25) is 0 Å². The number of nitrogens with zero attached hydrogens (tertiary/aromatic N) is 3. The summed E-state index contributed by atoms with van der Waals surface area (Å²) in [5.74, 6) is -0.766. The number of carboxylic acid groups (broad SMARTS) is 1. The molecule has 8 nitrogen and oxygen atoms in total. The minimum atomic E-state index is -4.01. The van der Waals surface area contributed by atoms with E-state index in [1.807, 2.05) is 0 Å². The van der Waals surface area contributed by atoms with E-state index in [0.717, 1.165) is 4.31 Å². The summed E-state index contributed by atoms with van der Waals surface area (Å²) in [6.45, 7) is 1.42. The van der Waals surface area contributed by atoms with Gasteiger partial charge in [-0.05, 0) is 6.92 Å². The summed E-state index contributed by atoms with van der Waals surface area (Å²) in [5.41, 5.74) is 0. The average Bonchev–Trinajstić information content (AvgIpc) is 2.84. The quantitative estimate of drug-likeness (QED) is 0.733. The second kappa shape index (κ2) is 4.58. The maximum Gasteiger partial charge on any atom is 0.322 e. The van der Waals surface area contributed by atoms with Crippen LogP contribution < -0.4 is 0 Å². The van der Waals surface area contributed by atoms with Gasteiger partial charge >= 0.3 is 5.97 Å². The molecule has 1 aromatic heterocycles. The van der Waals surface area contributed by atoms with E-state index in [9.17, 15) is 18.3 Å². The zero-order valence-electron chi connectivity index (χ0n) is 10.5. The van der Waals surface area contributed by atoms with E-state index in [1.165, 1.54) is 10.8 Å². The van der Waals surface area contributed by atoms with Crippen LogP contribution in [-0.4, -0.2) is 57.1 Å². The van der Waals surface area contributed by atoms with Crippen LogP contribution in [-0.2, 0) is 21.9 Å². The zero-order valence-corrected chi connectivity index (χ0v) is 11.3. The van der Waals surface area contributed by atoms with Crippen LogP contribution in [0.4, 0.5) is 0 Å². The maximum atomic E-state index is 12.3. The topological polar surface area (TPSA) is 113 Å². The van der Waals surface area contributed by atoms with Gasteiger partial charge in [0, 0.05) is 26.2 Å². The van der Waals surface area contributed by atoms with Gasteiger partial charge in [0.25, 0.3) is 10.0 Å². The molecule has 2 N–H and O–H groups in total. The number of aliphatic carboxylic acids is 1. The van der Waals surface area contributed by atoms with Crippen molar-refractivity contribution in [3.8, 4) is 0 Å². The van der Waals surface area contributed by atoms with E-state index < -0.39 is 28.1 Å². The summed E-state index contributed by atoms with van der Waals surface area (Å²) in [5, 5.41) is 18.3. The first-order chi connectivity index (χ1) is 8.73. The summed E-state index contributed by atoms with van der Waals surface area (Å²) in [4.78, 5) is 15.0. The third-order valence-corrected chi connectivity index (χ3v) is 4.92. The number of hydrogen-bond donors (Lipinski definition) is 2. The monoisotopic (exact) mass is 289 g/mol. The van der Waals surface area contributed by atoms with Gasteiger partial charge in [-0.25, -0.2) is 13.4 Å². The lowest BCUT2D eigenvalue weighted by atomic mass is 10.2. The Balaban J connectivity index is 2.41. The van der Waals surface area contributed by atoms with Gasteiger partial charge in [0.1, 0.15) is 11.9 Å². The van der Waals surface area contributed by atoms with Crippen molar-refractivity contribution in [1.82, 2.24) is 13.9 Å². The van der Waals surface area contributed by atoms with Crippen LogP contribution >= 0.6 is 0 Å². The third kappa shape index (κ3) is 2.36. The first kappa shape index (κ1) is 14.0. The Kier molecular flexibility index (Phi) is 3.37. The summed E-state index contributed by atoms with van der Waals surface area (Å²) < 4.78 is 27.0. The Morgan fingerprint density at radius 1 is 1.53 bits per heavy atom. The Labute approximate surface area is 110 Å². The first-order valence-corrected chi connectivity index (χ1v) is 7.10. The van der Waals surface area contributed by atoms with E-state index in [4.69, 9.17) is 5.11 Å².